The highest BCUT2D eigenvalue weighted by Crippen LogP contribution is 2.21. The number of anilines is 2. The van der Waals surface area contributed by atoms with E-state index in [-0.39, 0.29) is 6.61 Å². The van der Waals surface area contributed by atoms with Crippen LogP contribution in [0.3, 0.4) is 0 Å². The number of unbranched alkanes of at least 4 members (excludes halogenated alkanes) is 3. The van der Waals surface area contributed by atoms with Gasteiger partial charge in [-0.25, -0.2) is 0 Å². The fourth-order valence-electron chi connectivity index (χ4n) is 1.40. The molecule has 0 bridgehead atoms. The van der Waals surface area contributed by atoms with Crippen LogP contribution < -0.4 is 16.2 Å². The number of rotatable bonds is 7. The predicted molar refractivity (Wildman–Crippen MR) is 66.3 cm³/mol. The maximum atomic E-state index is 8.60. The van der Waals surface area contributed by atoms with Gasteiger partial charge >= 0.3 is 0 Å². The average Bonchev–Trinajstić information content (AvgIpc) is 2.28. The fraction of sp³-hybridized carbons (Fsp3) is 0.500. The molecule has 0 spiro atoms. The largest absolute Gasteiger partial charge is 0.494 e. The Morgan fingerprint density at radius 3 is 2.44 bits per heavy atom. The number of nitrogens with two attached hydrogens (primary N) is 2. The van der Waals surface area contributed by atoms with Gasteiger partial charge in [-0.15, -0.1) is 0 Å². The van der Waals surface area contributed by atoms with Crippen LogP contribution in [0.2, 0.25) is 0 Å². The zero-order chi connectivity index (χ0) is 11.8. The molecule has 0 amide bonds. The Morgan fingerprint density at radius 2 is 1.75 bits per heavy atom. The molecule has 16 heavy (non-hydrogen) atoms. The maximum Gasteiger partial charge on any atom is 0.121 e. The summed E-state index contributed by atoms with van der Waals surface area (Å²) in [6, 6.07) is 5.30. The zero-order valence-corrected chi connectivity index (χ0v) is 9.48. The molecule has 0 radical (unpaired) electrons. The molecule has 4 nitrogen and oxygen atoms in total. The first kappa shape index (κ1) is 12.6. The summed E-state index contributed by atoms with van der Waals surface area (Å²) in [5.41, 5.74) is 12.4. The minimum atomic E-state index is 0.273. The van der Waals surface area contributed by atoms with E-state index in [1.54, 1.807) is 12.1 Å². The van der Waals surface area contributed by atoms with Gasteiger partial charge in [0, 0.05) is 12.7 Å². The second-order valence-electron chi connectivity index (χ2n) is 3.78. The van der Waals surface area contributed by atoms with Crippen LogP contribution in [0.25, 0.3) is 0 Å². The normalized spacial score (nSPS) is 10.3. The van der Waals surface area contributed by atoms with Gasteiger partial charge in [-0.3, -0.25) is 0 Å². The molecule has 0 atom stereocenters. The molecule has 5 N–H and O–H groups in total. The second-order valence-corrected chi connectivity index (χ2v) is 3.78. The highest BCUT2D eigenvalue weighted by Gasteiger charge is 1.98. The Morgan fingerprint density at radius 1 is 1.00 bits per heavy atom. The molecule has 1 aromatic rings. The van der Waals surface area contributed by atoms with Gasteiger partial charge in [0.05, 0.1) is 18.0 Å². The standard InChI is InChI=1S/C12H20N2O2/c13-11-6-5-10(9-12(11)14)16-8-4-2-1-3-7-15/h5-6,9,15H,1-4,7-8,13-14H2. The summed E-state index contributed by atoms with van der Waals surface area (Å²) in [6.07, 6.45) is 3.98. The lowest BCUT2D eigenvalue weighted by molar-refractivity contribution is 0.273. The van der Waals surface area contributed by atoms with E-state index in [0.717, 1.165) is 31.4 Å². The van der Waals surface area contributed by atoms with Crippen molar-refractivity contribution in [3.63, 3.8) is 0 Å². The summed E-state index contributed by atoms with van der Waals surface area (Å²) in [6.45, 7) is 0.949. The van der Waals surface area contributed by atoms with E-state index in [9.17, 15) is 0 Å². The van der Waals surface area contributed by atoms with Crippen LogP contribution in [0.4, 0.5) is 11.4 Å². The molecular formula is C12H20N2O2. The third-order valence-electron chi connectivity index (χ3n) is 2.38. The first-order chi connectivity index (χ1) is 7.74. The van der Waals surface area contributed by atoms with E-state index in [4.69, 9.17) is 21.3 Å². The summed E-state index contributed by atoms with van der Waals surface area (Å²) in [7, 11) is 0. The fourth-order valence-corrected chi connectivity index (χ4v) is 1.40. The number of benzene rings is 1. The van der Waals surface area contributed by atoms with Crippen molar-refractivity contribution in [3.05, 3.63) is 18.2 Å². The van der Waals surface area contributed by atoms with E-state index in [2.05, 4.69) is 0 Å². The summed E-state index contributed by atoms with van der Waals surface area (Å²) in [4.78, 5) is 0. The molecule has 0 aliphatic rings. The predicted octanol–water partition coefficient (Wildman–Crippen LogP) is 1.78. The highest BCUT2D eigenvalue weighted by molar-refractivity contribution is 5.65. The Kier molecular flexibility index (Phi) is 5.50. The van der Waals surface area contributed by atoms with Crippen molar-refractivity contribution in [2.24, 2.45) is 0 Å². The molecule has 0 heterocycles. The molecule has 0 saturated heterocycles. The molecule has 0 fully saturated rings. The lowest BCUT2D eigenvalue weighted by Crippen LogP contribution is -2.00. The number of aliphatic hydroxyl groups excluding tert-OH is 1. The molecule has 0 aromatic heterocycles. The van der Waals surface area contributed by atoms with Crippen molar-refractivity contribution in [1.82, 2.24) is 0 Å². The Balaban J connectivity index is 2.19. The quantitative estimate of drug-likeness (QED) is 0.487. The molecule has 1 rings (SSSR count). The number of hydrogen-bond donors (Lipinski definition) is 3. The van der Waals surface area contributed by atoms with Gasteiger partial charge in [0.2, 0.25) is 0 Å². The van der Waals surface area contributed by atoms with Crippen LogP contribution in [0, 0.1) is 0 Å². The molecular weight excluding hydrogens is 204 g/mol. The van der Waals surface area contributed by atoms with Gasteiger partial charge in [-0.05, 0) is 31.4 Å². The average molecular weight is 224 g/mol. The highest BCUT2D eigenvalue weighted by atomic mass is 16.5. The number of hydrogen-bond acceptors (Lipinski definition) is 4. The number of aliphatic hydroxyl groups is 1. The molecule has 1 aromatic carbocycles. The van der Waals surface area contributed by atoms with Gasteiger partial charge in [0.1, 0.15) is 5.75 Å². The van der Waals surface area contributed by atoms with Crippen molar-refractivity contribution in [1.29, 1.82) is 0 Å². The van der Waals surface area contributed by atoms with Gasteiger partial charge < -0.3 is 21.3 Å². The van der Waals surface area contributed by atoms with Crippen LogP contribution >= 0.6 is 0 Å². The molecule has 0 unspecified atom stereocenters. The molecule has 0 aliphatic heterocycles. The van der Waals surface area contributed by atoms with Crippen LogP contribution in [-0.2, 0) is 0 Å². The molecule has 0 saturated carbocycles. The molecule has 4 heteroatoms. The number of ether oxygens (including phenoxy) is 1. The van der Waals surface area contributed by atoms with Crippen LogP contribution in [0.15, 0.2) is 18.2 Å². The lowest BCUT2D eigenvalue weighted by atomic mass is 10.2. The molecule has 0 aliphatic carbocycles. The van der Waals surface area contributed by atoms with Crippen molar-refractivity contribution in [3.8, 4) is 5.75 Å². The van der Waals surface area contributed by atoms with Gasteiger partial charge in [-0.2, -0.15) is 0 Å². The summed E-state index contributed by atoms with van der Waals surface area (Å²) < 4.78 is 5.52. The molecule has 90 valence electrons. The van der Waals surface area contributed by atoms with Gasteiger partial charge in [0.15, 0.2) is 0 Å². The summed E-state index contributed by atoms with van der Waals surface area (Å²) in [5, 5.41) is 8.60. The third kappa shape index (κ3) is 4.40. The first-order valence-electron chi connectivity index (χ1n) is 5.62. The van der Waals surface area contributed by atoms with Crippen molar-refractivity contribution >= 4 is 11.4 Å². The van der Waals surface area contributed by atoms with Gasteiger partial charge in [-0.1, -0.05) is 6.42 Å². The van der Waals surface area contributed by atoms with Crippen molar-refractivity contribution < 1.29 is 9.84 Å². The Labute approximate surface area is 96.2 Å². The van der Waals surface area contributed by atoms with Crippen LogP contribution in [0.5, 0.6) is 5.75 Å². The van der Waals surface area contributed by atoms with E-state index in [1.165, 1.54) is 0 Å². The topological polar surface area (TPSA) is 81.5 Å². The van der Waals surface area contributed by atoms with Crippen molar-refractivity contribution in [2.45, 2.75) is 25.7 Å². The first-order valence-corrected chi connectivity index (χ1v) is 5.62. The zero-order valence-electron chi connectivity index (χ0n) is 9.48. The van der Waals surface area contributed by atoms with Crippen LogP contribution in [0.1, 0.15) is 25.7 Å². The third-order valence-corrected chi connectivity index (χ3v) is 2.38. The Hall–Kier alpha value is -1.42. The monoisotopic (exact) mass is 224 g/mol. The maximum absolute atomic E-state index is 8.60. The number of nitrogen functional groups attached to an aromatic ring is 2. The van der Waals surface area contributed by atoms with Crippen molar-refractivity contribution in [2.75, 3.05) is 24.7 Å². The summed E-state index contributed by atoms with van der Waals surface area (Å²) in [5.74, 6) is 0.758. The van der Waals surface area contributed by atoms with E-state index in [1.807, 2.05) is 6.07 Å². The van der Waals surface area contributed by atoms with E-state index < -0.39 is 0 Å². The van der Waals surface area contributed by atoms with Crippen LogP contribution in [-0.4, -0.2) is 18.3 Å². The summed E-state index contributed by atoms with van der Waals surface area (Å²) >= 11 is 0. The van der Waals surface area contributed by atoms with E-state index in [0.29, 0.717) is 18.0 Å². The SMILES string of the molecule is Nc1ccc(OCCCCCCO)cc1N. The second kappa shape index (κ2) is 6.95. The lowest BCUT2D eigenvalue weighted by Gasteiger charge is -2.07. The Bertz CT molecular complexity index is 316. The minimum absolute atomic E-state index is 0.273. The van der Waals surface area contributed by atoms with E-state index >= 15 is 0 Å². The van der Waals surface area contributed by atoms with Gasteiger partial charge in [0.25, 0.3) is 0 Å². The minimum Gasteiger partial charge on any atom is -0.494 e. The smallest absolute Gasteiger partial charge is 0.121 e.